The van der Waals surface area contributed by atoms with Crippen LogP contribution >= 0.6 is 0 Å². The van der Waals surface area contributed by atoms with Crippen LogP contribution in [0, 0.1) is 0 Å². The molecule has 2 heterocycles. The van der Waals surface area contributed by atoms with Gasteiger partial charge in [0.25, 0.3) is 0 Å². The maximum Gasteiger partial charge on any atom is 0.227 e. The van der Waals surface area contributed by atoms with E-state index in [1.54, 1.807) is 0 Å². The average Bonchev–Trinajstić information content (AvgIpc) is 3.84. The van der Waals surface area contributed by atoms with E-state index in [-0.39, 0.29) is 0 Å². The Morgan fingerprint density at radius 3 is 1.66 bits per heavy atom. The minimum absolute atomic E-state index is 0.599. The van der Waals surface area contributed by atoms with Crippen LogP contribution in [-0.2, 0) is 0 Å². The van der Waals surface area contributed by atoms with Crippen molar-refractivity contribution in [1.29, 1.82) is 0 Å². The van der Waals surface area contributed by atoms with Gasteiger partial charge in [0.1, 0.15) is 16.7 Å². The highest BCUT2D eigenvalue weighted by Crippen LogP contribution is 2.44. The molecule has 4 nitrogen and oxygen atoms in total. The Hall–Kier alpha value is -7.17. The molecule has 10 rings (SSSR count). The molecule has 0 N–H and O–H groups in total. The fourth-order valence-corrected chi connectivity index (χ4v) is 7.33. The Bertz CT molecular complexity index is 2860. The molecule has 250 valence electrons. The average molecular weight is 681 g/mol. The molecule has 0 aliphatic heterocycles. The molecule has 0 unspecified atom stereocenters. The summed E-state index contributed by atoms with van der Waals surface area (Å²) in [6.07, 6.45) is 0. The first-order valence-electron chi connectivity index (χ1n) is 17.8. The Morgan fingerprint density at radius 1 is 0.396 bits per heavy atom. The number of hydrogen-bond donors (Lipinski definition) is 0. The van der Waals surface area contributed by atoms with Gasteiger partial charge in [0, 0.05) is 27.9 Å². The van der Waals surface area contributed by atoms with E-state index >= 15 is 0 Å². The number of rotatable bonds is 7. The van der Waals surface area contributed by atoms with Crippen molar-refractivity contribution in [3.63, 3.8) is 0 Å². The number of aromatic nitrogens is 1. The number of fused-ring (bicyclic) bond motifs is 5. The molecule has 4 heteroatoms. The van der Waals surface area contributed by atoms with Gasteiger partial charge < -0.3 is 13.7 Å². The van der Waals surface area contributed by atoms with E-state index in [2.05, 4.69) is 157 Å². The van der Waals surface area contributed by atoms with Gasteiger partial charge in [-0.25, -0.2) is 4.98 Å². The number of oxazole rings is 1. The molecule has 0 bridgehead atoms. The first-order chi connectivity index (χ1) is 26.3. The smallest absolute Gasteiger partial charge is 0.227 e. The van der Waals surface area contributed by atoms with Crippen LogP contribution in [-0.4, -0.2) is 4.98 Å². The van der Waals surface area contributed by atoms with Gasteiger partial charge >= 0.3 is 0 Å². The van der Waals surface area contributed by atoms with Gasteiger partial charge in [-0.3, -0.25) is 0 Å². The van der Waals surface area contributed by atoms with E-state index in [1.807, 2.05) is 42.5 Å². The summed E-state index contributed by atoms with van der Waals surface area (Å²) in [5, 5.41) is 1.94. The van der Waals surface area contributed by atoms with E-state index < -0.39 is 0 Å². The van der Waals surface area contributed by atoms with Crippen LogP contribution in [0.15, 0.2) is 203 Å². The normalized spacial score (nSPS) is 11.4. The molecule has 0 fully saturated rings. The Kier molecular flexibility index (Phi) is 7.43. The molecule has 53 heavy (non-hydrogen) atoms. The van der Waals surface area contributed by atoms with Crippen LogP contribution in [0.25, 0.3) is 77.9 Å². The minimum atomic E-state index is 0.599. The zero-order valence-electron chi connectivity index (χ0n) is 28.7. The van der Waals surface area contributed by atoms with Gasteiger partial charge in [0.15, 0.2) is 5.58 Å². The standard InChI is InChI=1S/C49H32N2O2/c1-5-13-33(14-6-1)37-23-28-44(41(31-37)35-15-7-2-8-16-35)51(39-19-11-4-12-20-39)40-25-21-34(22-26-40)38-24-29-45-42(32-38)47-46(52-45)30-27-43-48(47)53-49(50-43)36-17-9-3-10-18-36/h1-32H. The second-order valence-corrected chi connectivity index (χ2v) is 13.2. The predicted molar refractivity (Wildman–Crippen MR) is 218 cm³/mol. The first kappa shape index (κ1) is 30.6. The van der Waals surface area contributed by atoms with Crippen LogP contribution in [0.1, 0.15) is 0 Å². The zero-order chi connectivity index (χ0) is 35.1. The van der Waals surface area contributed by atoms with Crippen molar-refractivity contribution in [1.82, 2.24) is 4.98 Å². The van der Waals surface area contributed by atoms with Crippen LogP contribution in [0.3, 0.4) is 0 Å². The molecule has 0 aliphatic carbocycles. The molecular formula is C49H32N2O2. The van der Waals surface area contributed by atoms with E-state index in [1.165, 1.54) is 11.1 Å². The van der Waals surface area contributed by atoms with Gasteiger partial charge in [-0.15, -0.1) is 0 Å². The molecule has 10 aromatic rings. The van der Waals surface area contributed by atoms with Crippen molar-refractivity contribution in [3.8, 4) is 44.8 Å². The molecule has 0 amide bonds. The summed E-state index contributed by atoms with van der Waals surface area (Å²) in [4.78, 5) is 7.15. The number of hydrogen-bond acceptors (Lipinski definition) is 4. The maximum atomic E-state index is 6.40. The minimum Gasteiger partial charge on any atom is -0.456 e. The van der Waals surface area contributed by atoms with Gasteiger partial charge in [0.2, 0.25) is 5.89 Å². The summed E-state index contributed by atoms with van der Waals surface area (Å²) in [5.74, 6) is 0.599. The summed E-state index contributed by atoms with van der Waals surface area (Å²) >= 11 is 0. The number of anilines is 3. The molecule has 0 saturated carbocycles. The van der Waals surface area contributed by atoms with Gasteiger partial charge in [-0.1, -0.05) is 121 Å². The van der Waals surface area contributed by atoms with Crippen molar-refractivity contribution in [2.45, 2.75) is 0 Å². The second-order valence-electron chi connectivity index (χ2n) is 13.2. The summed E-state index contributed by atoms with van der Waals surface area (Å²) in [7, 11) is 0. The van der Waals surface area contributed by atoms with Gasteiger partial charge in [-0.05, 0) is 101 Å². The van der Waals surface area contributed by atoms with Crippen LogP contribution in [0.2, 0.25) is 0 Å². The van der Waals surface area contributed by atoms with E-state index in [0.717, 1.165) is 77.9 Å². The fraction of sp³-hybridized carbons (Fsp3) is 0. The molecule has 2 aromatic heterocycles. The fourth-order valence-electron chi connectivity index (χ4n) is 7.33. The van der Waals surface area contributed by atoms with Gasteiger partial charge in [0.05, 0.1) is 11.1 Å². The van der Waals surface area contributed by atoms with Crippen LogP contribution in [0.4, 0.5) is 17.1 Å². The third-order valence-electron chi connectivity index (χ3n) is 9.91. The van der Waals surface area contributed by atoms with Gasteiger partial charge in [-0.2, -0.15) is 0 Å². The number of furan rings is 1. The van der Waals surface area contributed by atoms with Crippen molar-refractivity contribution in [3.05, 3.63) is 194 Å². The molecule has 0 atom stereocenters. The van der Waals surface area contributed by atoms with Crippen LogP contribution in [0.5, 0.6) is 0 Å². The lowest BCUT2D eigenvalue weighted by Crippen LogP contribution is -2.11. The Labute approximate surface area is 306 Å². The lowest BCUT2D eigenvalue weighted by atomic mass is 9.96. The molecule has 0 spiro atoms. The third kappa shape index (κ3) is 5.54. The monoisotopic (exact) mass is 680 g/mol. The highest BCUT2D eigenvalue weighted by atomic mass is 16.4. The third-order valence-corrected chi connectivity index (χ3v) is 9.91. The molecule has 0 saturated heterocycles. The summed E-state index contributed by atoms with van der Waals surface area (Å²) in [6, 6.07) is 67.7. The topological polar surface area (TPSA) is 42.4 Å². The second kappa shape index (κ2) is 12.9. The first-order valence-corrected chi connectivity index (χ1v) is 17.8. The number of benzene rings is 8. The Balaban J connectivity index is 1.07. The highest BCUT2D eigenvalue weighted by Gasteiger charge is 2.20. The van der Waals surface area contributed by atoms with Crippen molar-refractivity contribution in [2.75, 3.05) is 4.90 Å². The summed E-state index contributed by atoms with van der Waals surface area (Å²) < 4.78 is 12.7. The summed E-state index contributed by atoms with van der Waals surface area (Å²) in [5.41, 5.74) is 14.2. The van der Waals surface area contributed by atoms with E-state index in [0.29, 0.717) is 5.89 Å². The van der Waals surface area contributed by atoms with Crippen LogP contribution < -0.4 is 4.90 Å². The quantitative estimate of drug-likeness (QED) is 0.168. The van der Waals surface area contributed by atoms with E-state index in [9.17, 15) is 0 Å². The summed E-state index contributed by atoms with van der Waals surface area (Å²) in [6.45, 7) is 0. The zero-order valence-corrected chi connectivity index (χ0v) is 28.7. The maximum absolute atomic E-state index is 6.40. The predicted octanol–water partition coefficient (Wildman–Crippen LogP) is 13.9. The highest BCUT2D eigenvalue weighted by molar-refractivity contribution is 6.17. The lowest BCUT2D eigenvalue weighted by Gasteiger charge is -2.28. The molecular weight excluding hydrogens is 649 g/mol. The number of nitrogens with zero attached hydrogens (tertiary/aromatic N) is 2. The number of para-hydroxylation sites is 1. The van der Waals surface area contributed by atoms with Crippen molar-refractivity contribution in [2.24, 2.45) is 0 Å². The largest absolute Gasteiger partial charge is 0.456 e. The van der Waals surface area contributed by atoms with Crippen molar-refractivity contribution >= 4 is 50.1 Å². The molecule has 0 aliphatic rings. The molecule has 0 radical (unpaired) electrons. The lowest BCUT2D eigenvalue weighted by molar-refractivity contribution is 0.622. The SMILES string of the molecule is c1ccc(-c2ccc(N(c3ccccc3)c3ccc(-c4ccc5oc6ccc7nc(-c8ccccc8)oc7c6c5c4)cc3)c(-c3ccccc3)c2)cc1. The van der Waals surface area contributed by atoms with Crippen molar-refractivity contribution < 1.29 is 8.83 Å². The molecule has 8 aromatic carbocycles. The van der Waals surface area contributed by atoms with E-state index in [4.69, 9.17) is 13.8 Å². The Morgan fingerprint density at radius 2 is 0.943 bits per heavy atom.